The molecule has 0 N–H and O–H groups in total. The van der Waals surface area contributed by atoms with Gasteiger partial charge in [-0.1, -0.05) is 133 Å². The second kappa shape index (κ2) is 15.4. The Bertz CT molecular complexity index is 2590. The third kappa shape index (κ3) is 6.41. The van der Waals surface area contributed by atoms with E-state index in [-0.39, 0.29) is 10.8 Å². The van der Waals surface area contributed by atoms with Crippen LogP contribution in [-0.4, -0.2) is 0 Å². The molecule has 6 aromatic carbocycles. The molecule has 8 rings (SSSR count). The number of fused-ring (bicyclic) bond motifs is 3. The van der Waals surface area contributed by atoms with Gasteiger partial charge in [0, 0.05) is 45.0 Å². The van der Waals surface area contributed by atoms with Gasteiger partial charge in [-0.15, -0.1) is 0 Å². The van der Waals surface area contributed by atoms with Gasteiger partial charge in [-0.05, 0) is 138 Å². The van der Waals surface area contributed by atoms with E-state index in [1.54, 1.807) is 0 Å². The largest absolute Gasteiger partial charge is 0.311 e. The van der Waals surface area contributed by atoms with Gasteiger partial charge >= 0.3 is 0 Å². The van der Waals surface area contributed by atoms with Crippen molar-refractivity contribution in [2.75, 3.05) is 14.7 Å². The standard InChI is InChI=1S/C55H53N3/c1-9-21-41(11-3)56(42-23-15-13-16-24-42)44-31-33-45(34-32-44)57-50(12-4)46(22-10-2)54(5,6)48-37-39(29-35-52(48)57)40-30-36-53-49(38-40)55(7,8)47-27-19-20-28-51(47)58(53)43-25-17-14-18-26-43/h9,11-38H,1,3,10H2,2,4-8H3/b41-21+,46-22+,50-12+. The molecule has 0 fully saturated rings. The lowest BCUT2D eigenvalue weighted by Gasteiger charge is -2.45. The van der Waals surface area contributed by atoms with E-state index in [0.29, 0.717) is 0 Å². The Morgan fingerprint density at radius 3 is 1.72 bits per heavy atom. The normalized spacial score (nSPS) is 16.7. The third-order valence-corrected chi connectivity index (χ3v) is 12.0. The zero-order valence-electron chi connectivity index (χ0n) is 34.7. The van der Waals surface area contributed by atoms with E-state index >= 15 is 0 Å². The Labute approximate surface area is 345 Å². The Hall–Kier alpha value is -6.58. The highest BCUT2D eigenvalue weighted by atomic mass is 15.2. The molecule has 0 aliphatic carbocycles. The number of anilines is 7. The van der Waals surface area contributed by atoms with Crippen LogP contribution in [0.5, 0.6) is 0 Å². The van der Waals surface area contributed by atoms with Gasteiger partial charge in [0.25, 0.3) is 0 Å². The topological polar surface area (TPSA) is 9.72 Å². The van der Waals surface area contributed by atoms with Crippen molar-refractivity contribution in [2.45, 2.75) is 58.8 Å². The molecule has 0 unspecified atom stereocenters. The number of allylic oxidation sites excluding steroid dienone is 6. The Morgan fingerprint density at radius 1 is 0.586 bits per heavy atom. The third-order valence-electron chi connectivity index (χ3n) is 12.0. The highest BCUT2D eigenvalue weighted by Gasteiger charge is 2.40. The number of para-hydroxylation sites is 3. The van der Waals surface area contributed by atoms with Crippen molar-refractivity contribution in [3.05, 3.63) is 223 Å². The number of rotatable bonds is 9. The fraction of sp³-hybridized carbons (Fsp3) is 0.164. The minimum absolute atomic E-state index is 0.189. The van der Waals surface area contributed by atoms with Gasteiger partial charge in [-0.3, -0.25) is 0 Å². The summed E-state index contributed by atoms with van der Waals surface area (Å²) in [4.78, 5) is 7.09. The van der Waals surface area contributed by atoms with Crippen molar-refractivity contribution in [3.63, 3.8) is 0 Å². The maximum Gasteiger partial charge on any atom is 0.0503 e. The van der Waals surface area contributed by atoms with Gasteiger partial charge in [-0.2, -0.15) is 0 Å². The highest BCUT2D eigenvalue weighted by molar-refractivity contribution is 5.89. The Kier molecular flexibility index (Phi) is 10.2. The van der Waals surface area contributed by atoms with Crippen molar-refractivity contribution in [2.24, 2.45) is 0 Å². The lowest BCUT2D eigenvalue weighted by Crippen LogP contribution is -2.35. The molecular weight excluding hydrogens is 703 g/mol. The van der Waals surface area contributed by atoms with Crippen LogP contribution in [0.1, 0.15) is 64.7 Å². The molecule has 3 heteroatoms. The molecule has 0 saturated carbocycles. The van der Waals surface area contributed by atoms with Crippen LogP contribution in [-0.2, 0) is 10.8 Å². The second-order valence-corrected chi connectivity index (χ2v) is 16.2. The monoisotopic (exact) mass is 755 g/mol. The predicted molar refractivity (Wildman–Crippen MR) is 249 cm³/mol. The first-order chi connectivity index (χ1) is 28.1. The summed E-state index contributed by atoms with van der Waals surface area (Å²) in [6, 6.07) is 53.1. The van der Waals surface area contributed by atoms with Crippen LogP contribution in [0.3, 0.4) is 0 Å². The smallest absolute Gasteiger partial charge is 0.0503 e. The van der Waals surface area contributed by atoms with Crippen LogP contribution in [0.15, 0.2) is 206 Å². The van der Waals surface area contributed by atoms with Crippen LogP contribution < -0.4 is 14.7 Å². The van der Waals surface area contributed by atoms with E-state index in [1.807, 2.05) is 24.3 Å². The van der Waals surface area contributed by atoms with E-state index in [4.69, 9.17) is 0 Å². The molecule has 0 aromatic heterocycles. The molecule has 6 aromatic rings. The van der Waals surface area contributed by atoms with Crippen molar-refractivity contribution < 1.29 is 0 Å². The average molecular weight is 756 g/mol. The number of benzene rings is 6. The zero-order chi connectivity index (χ0) is 40.6. The molecule has 2 aliphatic rings. The molecule has 0 radical (unpaired) electrons. The van der Waals surface area contributed by atoms with Gasteiger partial charge < -0.3 is 14.7 Å². The average Bonchev–Trinajstić information content (AvgIpc) is 3.25. The number of hydrogen-bond donors (Lipinski definition) is 0. The van der Waals surface area contributed by atoms with Crippen LogP contribution in [0.2, 0.25) is 0 Å². The van der Waals surface area contributed by atoms with Gasteiger partial charge in [0.15, 0.2) is 0 Å². The summed E-state index contributed by atoms with van der Waals surface area (Å²) in [7, 11) is 0. The SMILES string of the molecule is C=C/C=C(\C=C)N(c1ccccc1)c1ccc(N2C(=C/C)/C(=C\CC)C(C)(C)c3cc(-c4ccc5c(c4)C(C)(C)c4ccccc4N5c4ccccc4)ccc32)cc1. The van der Waals surface area contributed by atoms with Crippen LogP contribution in [0.4, 0.5) is 39.8 Å². The van der Waals surface area contributed by atoms with E-state index < -0.39 is 0 Å². The van der Waals surface area contributed by atoms with E-state index in [2.05, 4.69) is 221 Å². The highest BCUT2D eigenvalue weighted by Crippen LogP contribution is 2.54. The van der Waals surface area contributed by atoms with Crippen molar-refractivity contribution in [1.82, 2.24) is 0 Å². The van der Waals surface area contributed by atoms with Gasteiger partial charge in [0.2, 0.25) is 0 Å². The molecule has 58 heavy (non-hydrogen) atoms. The first-order valence-electron chi connectivity index (χ1n) is 20.5. The molecule has 2 aliphatic heterocycles. The van der Waals surface area contributed by atoms with Crippen molar-refractivity contribution >= 4 is 39.8 Å². The molecule has 0 saturated heterocycles. The van der Waals surface area contributed by atoms with E-state index in [0.717, 1.165) is 29.2 Å². The van der Waals surface area contributed by atoms with Crippen LogP contribution >= 0.6 is 0 Å². The zero-order valence-corrected chi connectivity index (χ0v) is 34.7. The molecule has 3 nitrogen and oxygen atoms in total. The minimum Gasteiger partial charge on any atom is -0.311 e. The Morgan fingerprint density at radius 2 is 1.12 bits per heavy atom. The van der Waals surface area contributed by atoms with Crippen molar-refractivity contribution in [3.8, 4) is 11.1 Å². The minimum atomic E-state index is -0.228. The summed E-state index contributed by atoms with van der Waals surface area (Å²) in [6.07, 6.45) is 11.3. The maximum atomic E-state index is 4.13. The van der Waals surface area contributed by atoms with Crippen LogP contribution in [0, 0.1) is 0 Å². The van der Waals surface area contributed by atoms with Gasteiger partial charge in [-0.25, -0.2) is 0 Å². The molecule has 0 amide bonds. The second-order valence-electron chi connectivity index (χ2n) is 16.2. The lowest BCUT2D eigenvalue weighted by atomic mass is 9.70. The lowest BCUT2D eigenvalue weighted by molar-refractivity contribution is 0.609. The van der Waals surface area contributed by atoms with Crippen LogP contribution in [0.25, 0.3) is 11.1 Å². The quantitative estimate of drug-likeness (QED) is 0.136. The first kappa shape index (κ1) is 38.3. The summed E-state index contributed by atoms with van der Waals surface area (Å²) in [5.74, 6) is 0. The molecule has 0 bridgehead atoms. The summed E-state index contributed by atoms with van der Waals surface area (Å²) in [5.41, 5.74) is 17.5. The molecule has 0 spiro atoms. The summed E-state index contributed by atoms with van der Waals surface area (Å²) in [6.45, 7) is 22.0. The fourth-order valence-corrected chi connectivity index (χ4v) is 9.12. The fourth-order valence-electron chi connectivity index (χ4n) is 9.12. The predicted octanol–water partition coefficient (Wildman–Crippen LogP) is 15.5. The number of nitrogens with zero attached hydrogens (tertiary/aromatic N) is 3. The first-order valence-corrected chi connectivity index (χ1v) is 20.5. The van der Waals surface area contributed by atoms with Gasteiger partial charge in [0.05, 0.1) is 17.1 Å². The Balaban J connectivity index is 1.25. The van der Waals surface area contributed by atoms with E-state index in [9.17, 15) is 0 Å². The van der Waals surface area contributed by atoms with E-state index in [1.165, 1.54) is 61.8 Å². The molecule has 288 valence electrons. The summed E-state index contributed by atoms with van der Waals surface area (Å²) < 4.78 is 0. The summed E-state index contributed by atoms with van der Waals surface area (Å²) >= 11 is 0. The molecule has 0 atom stereocenters. The van der Waals surface area contributed by atoms with Crippen molar-refractivity contribution in [1.29, 1.82) is 0 Å². The maximum absolute atomic E-state index is 4.13. The summed E-state index contributed by atoms with van der Waals surface area (Å²) in [5, 5.41) is 0. The number of hydrogen-bond acceptors (Lipinski definition) is 3. The molecular formula is C55H53N3. The molecule has 2 heterocycles. The van der Waals surface area contributed by atoms with Gasteiger partial charge in [0.1, 0.15) is 0 Å².